The molecule has 0 aliphatic heterocycles. The van der Waals surface area contributed by atoms with Crippen molar-refractivity contribution in [1.82, 2.24) is 0 Å². The molecule has 0 bridgehead atoms. The van der Waals surface area contributed by atoms with Crippen LogP contribution in [0, 0.1) is 17.1 Å². The number of ether oxygens (including phenoxy) is 1. The Bertz CT molecular complexity index is 642. The van der Waals surface area contributed by atoms with E-state index in [-0.39, 0.29) is 16.3 Å². The number of halogens is 2. The van der Waals surface area contributed by atoms with Crippen LogP contribution in [0.4, 0.5) is 4.39 Å². The van der Waals surface area contributed by atoms with Crippen LogP contribution in [-0.2, 0) is 0 Å². The summed E-state index contributed by atoms with van der Waals surface area (Å²) in [6, 6.07) is 11.7. The average molecular weight is 276 g/mol. The van der Waals surface area contributed by atoms with Crippen molar-refractivity contribution >= 4 is 17.6 Å². The molecule has 0 fully saturated rings. The summed E-state index contributed by atoms with van der Waals surface area (Å²) in [6.07, 6.45) is 0. The summed E-state index contributed by atoms with van der Waals surface area (Å²) in [7, 11) is 0. The molecule has 2 aromatic carbocycles. The lowest BCUT2D eigenvalue weighted by Gasteiger charge is -2.06. The largest absolute Gasteiger partial charge is 0.423 e. The van der Waals surface area contributed by atoms with Crippen LogP contribution in [-0.4, -0.2) is 5.97 Å². The second-order valence-corrected chi connectivity index (χ2v) is 4.03. The van der Waals surface area contributed by atoms with Crippen molar-refractivity contribution in [2.75, 3.05) is 0 Å². The number of nitrogens with zero attached hydrogens (tertiary/aromatic N) is 1. The maximum atomic E-state index is 13.5. The molecule has 94 valence electrons. The summed E-state index contributed by atoms with van der Waals surface area (Å²) < 4.78 is 18.5. The van der Waals surface area contributed by atoms with E-state index in [0.717, 1.165) is 6.07 Å². The van der Waals surface area contributed by atoms with Gasteiger partial charge in [0.2, 0.25) is 0 Å². The highest BCUT2D eigenvalue weighted by Gasteiger charge is 2.17. The van der Waals surface area contributed by atoms with E-state index in [4.69, 9.17) is 21.6 Å². The lowest BCUT2D eigenvalue weighted by molar-refractivity contribution is 0.0730. The lowest BCUT2D eigenvalue weighted by Crippen LogP contribution is -2.11. The number of carbonyl (C=O) groups is 1. The van der Waals surface area contributed by atoms with E-state index in [2.05, 4.69) is 0 Å². The van der Waals surface area contributed by atoms with Gasteiger partial charge in [0.25, 0.3) is 0 Å². The van der Waals surface area contributed by atoms with Gasteiger partial charge in [0.15, 0.2) is 0 Å². The molecule has 2 rings (SSSR count). The molecule has 0 saturated heterocycles. The molecule has 0 aliphatic carbocycles. The zero-order valence-corrected chi connectivity index (χ0v) is 10.3. The van der Waals surface area contributed by atoms with E-state index in [1.54, 1.807) is 0 Å². The van der Waals surface area contributed by atoms with Crippen LogP contribution in [0.1, 0.15) is 15.9 Å². The van der Waals surface area contributed by atoms with Crippen LogP contribution in [0.2, 0.25) is 5.02 Å². The molecular weight excluding hydrogens is 269 g/mol. The summed E-state index contributed by atoms with van der Waals surface area (Å²) in [4.78, 5) is 11.8. The fraction of sp³-hybridized carbons (Fsp3) is 0. The van der Waals surface area contributed by atoms with Gasteiger partial charge in [-0.15, -0.1) is 0 Å². The molecule has 0 aliphatic rings. The molecule has 0 N–H and O–H groups in total. The van der Waals surface area contributed by atoms with Crippen molar-refractivity contribution in [1.29, 1.82) is 5.26 Å². The SMILES string of the molecule is N#Cc1ccc(OC(=O)c2c(F)cccc2Cl)cc1. The number of benzene rings is 2. The van der Waals surface area contributed by atoms with Gasteiger partial charge in [0, 0.05) is 0 Å². The van der Waals surface area contributed by atoms with Crippen LogP contribution in [0.25, 0.3) is 0 Å². The summed E-state index contributed by atoms with van der Waals surface area (Å²) in [6.45, 7) is 0. The first kappa shape index (κ1) is 13.1. The first-order valence-corrected chi connectivity index (χ1v) is 5.66. The Labute approximate surface area is 113 Å². The Morgan fingerprint density at radius 2 is 1.89 bits per heavy atom. The van der Waals surface area contributed by atoms with Gasteiger partial charge in [0.1, 0.15) is 17.1 Å². The van der Waals surface area contributed by atoms with Crippen LogP contribution in [0.15, 0.2) is 42.5 Å². The summed E-state index contributed by atoms with van der Waals surface area (Å²) in [5.74, 6) is -1.41. The first-order chi connectivity index (χ1) is 9.11. The summed E-state index contributed by atoms with van der Waals surface area (Å²) in [5, 5.41) is 8.62. The quantitative estimate of drug-likeness (QED) is 0.622. The molecule has 5 heteroatoms. The molecular formula is C14H7ClFNO2. The maximum absolute atomic E-state index is 13.5. The molecule has 0 atom stereocenters. The fourth-order valence-electron chi connectivity index (χ4n) is 1.45. The van der Waals surface area contributed by atoms with E-state index in [0.29, 0.717) is 5.56 Å². The molecule has 2 aromatic rings. The van der Waals surface area contributed by atoms with Crippen LogP contribution < -0.4 is 4.74 Å². The lowest BCUT2D eigenvalue weighted by atomic mass is 10.2. The zero-order chi connectivity index (χ0) is 13.8. The van der Waals surface area contributed by atoms with Gasteiger partial charge in [-0.25, -0.2) is 9.18 Å². The normalized spacial score (nSPS) is 9.74. The number of nitriles is 1. The highest BCUT2D eigenvalue weighted by molar-refractivity contribution is 6.33. The van der Waals surface area contributed by atoms with Gasteiger partial charge in [-0.3, -0.25) is 0 Å². The van der Waals surface area contributed by atoms with Crippen LogP contribution >= 0.6 is 11.6 Å². The zero-order valence-electron chi connectivity index (χ0n) is 9.56. The van der Waals surface area contributed by atoms with Gasteiger partial charge in [-0.2, -0.15) is 5.26 Å². The van der Waals surface area contributed by atoms with Crippen LogP contribution in [0.3, 0.4) is 0 Å². The minimum Gasteiger partial charge on any atom is -0.423 e. The molecule has 0 heterocycles. The molecule has 0 radical (unpaired) electrons. The second-order valence-electron chi connectivity index (χ2n) is 3.62. The topological polar surface area (TPSA) is 50.1 Å². The smallest absolute Gasteiger partial charge is 0.348 e. The highest BCUT2D eigenvalue weighted by Crippen LogP contribution is 2.21. The van der Waals surface area contributed by atoms with E-state index in [1.165, 1.54) is 36.4 Å². The number of rotatable bonds is 2. The van der Waals surface area contributed by atoms with Crippen molar-refractivity contribution in [2.45, 2.75) is 0 Å². The monoisotopic (exact) mass is 275 g/mol. The third-order valence-corrected chi connectivity index (χ3v) is 2.68. The van der Waals surface area contributed by atoms with Crippen molar-refractivity contribution in [3.8, 4) is 11.8 Å². The van der Waals surface area contributed by atoms with Gasteiger partial charge in [0.05, 0.1) is 16.7 Å². The van der Waals surface area contributed by atoms with Gasteiger partial charge >= 0.3 is 5.97 Å². The van der Waals surface area contributed by atoms with Gasteiger partial charge in [-0.05, 0) is 36.4 Å². The van der Waals surface area contributed by atoms with Crippen molar-refractivity contribution < 1.29 is 13.9 Å². The number of hydrogen-bond acceptors (Lipinski definition) is 3. The summed E-state index contributed by atoms with van der Waals surface area (Å²) >= 11 is 5.75. The predicted molar refractivity (Wildman–Crippen MR) is 67.5 cm³/mol. The first-order valence-electron chi connectivity index (χ1n) is 5.28. The van der Waals surface area contributed by atoms with Crippen molar-refractivity contribution in [2.24, 2.45) is 0 Å². The van der Waals surface area contributed by atoms with Gasteiger partial charge < -0.3 is 4.74 Å². The number of hydrogen-bond donors (Lipinski definition) is 0. The molecule has 19 heavy (non-hydrogen) atoms. The minimum atomic E-state index is -0.882. The standard InChI is InChI=1S/C14H7ClFNO2/c15-11-2-1-3-12(16)13(11)14(18)19-10-6-4-9(8-17)5-7-10/h1-7H. The molecule has 0 spiro atoms. The Morgan fingerprint density at radius 3 is 2.47 bits per heavy atom. The third kappa shape index (κ3) is 2.90. The minimum absolute atomic E-state index is 0.0151. The third-order valence-electron chi connectivity index (χ3n) is 2.36. The maximum Gasteiger partial charge on any atom is 0.348 e. The summed E-state index contributed by atoms with van der Waals surface area (Å²) in [5.41, 5.74) is 0.122. The molecule has 3 nitrogen and oxygen atoms in total. The molecule has 0 aromatic heterocycles. The van der Waals surface area contributed by atoms with Crippen molar-refractivity contribution in [3.05, 3.63) is 64.4 Å². The Balaban J connectivity index is 2.23. The van der Waals surface area contributed by atoms with Crippen LogP contribution in [0.5, 0.6) is 5.75 Å². The Morgan fingerprint density at radius 1 is 1.21 bits per heavy atom. The second kappa shape index (κ2) is 5.51. The molecule has 0 saturated carbocycles. The number of carbonyl (C=O) groups excluding carboxylic acids is 1. The molecule has 0 unspecified atom stereocenters. The molecule has 0 amide bonds. The highest BCUT2D eigenvalue weighted by atomic mass is 35.5. The average Bonchev–Trinajstić information content (AvgIpc) is 2.39. The van der Waals surface area contributed by atoms with E-state index in [1.807, 2.05) is 6.07 Å². The Kier molecular flexibility index (Phi) is 3.79. The van der Waals surface area contributed by atoms with E-state index < -0.39 is 11.8 Å². The number of esters is 1. The fourth-order valence-corrected chi connectivity index (χ4v) is 1.69. The van der Waals surface area contributed by atoms with E-state index >= 15 is 0 Å². The van der Waals surface area contributed by atoms with E-state index in [9.17, 15) is 9.18 Å². The van der Waals surface area contributed by atoms with Crippen molar-refractivity contribution in [3.63, 3.8) is 0 Å². The van der Waals surface area contributed by atoms with Gasteiger partial charge in [-0.1, -0.05) is 17.7 Å². The Hall–Kier alpha value is -2.38. The predicted octanol–water partition coefficient (Wildman–Crippen LogP) is 3.57.